The first-order valence-corrected chi connectivity index (χ1v) is 9.29. The maximum atomic E-state index is 5.97. The molecule has 0 bridgehead atoms. The zero-order chi connectivity index (χ0) is 18.4. The Labute approximate surface area is 153 Å². The molecule has 136 valence electrons. The molecule has 2 aromatic carbocycles. The highest BCUT2D eigenvalue weighted by Crippen LogP contribution is 2.24. The van der Waals surface area contributed by atoms with E-state index in [1.807, 2.05) is 0 Å². The Hall–Kier alpha value is -1.96. The minimum atomic E-state index is 0.770. The lowest BCUT2D eigenvalue weighted by atomic mass is 10.1. The Morgan fingerprint density at radius 3 is 1.36 bits per heavy atom. The van der Waals surface area contributed by atoms with Gasteiger partial charge in [0.05, 0.1) is 13.2 Å². The van der Waals surface area contributed by atoms with Crippen molar-refractivity contribution in [2.75, 3.05) is 13.2 Å². The number of ether oxygens (including phenoxy) is 2. The number of benzene rings is 2. The summed E-state index contributed by atoms with van der Waals surface area (Å²) < 4.78 is 11.9. The lowest BCUT2D eigenvalue weighted by Gasteiger charge is -2.13. The fraction of sp³-hybridized carbons (Fsp3) is 0.478. The summed E-state index contributed by atoms with van der Waals surface area (Å²) in [5, 5.41) is 0. The smallest absolute Gasteiger partial charge is 0.122 e. The van der Waals surface area contributed by atoms with Crippen molar-refractivity contribution in [1.29, 1.82) is 0 Å². The highest BCUT2D eigenvalue weighted by molar-refractivity contribution is 5.42. The van der Waals surface area contributed by atoms with Gasteiger partial charge < -0.3 is 9.47 Å². The molecular formula is C23H32O2. The van der Waals surface area contributed by atoms with Crippen molar-refractivity contribution < 1.29 is 9.47 Å². The SMILES string of the molecule is Cc1cc(C)c(C)c(OCCCCCOc2cc(C)cc(C)c2C)c1. The van der Waals surface area contributed by atoms with Gasteiger partial charge in [-0.05, 0) is 106 Å². The summed E-state index contributed by atoms with van der Waals surface area (Å²) in [4.78, 5) is 0. The van der Waals surface area contributed by atoms with Crippen molar-refractivity contribution >= 4 is 0 Å². The van der Waals surface area contributed by atoms with E-state index in [0.29, 0.717) is 0 Å². The molecule has 2 aromatic rings. The molecule has 0 aliphatic carbocycles. The third kappa shape index (κ3) is 5.52. The topological polar surface area (TPSA) is 18.5 Å². The van der Waals surface area contributed by atoms with Crippen molar-refractivity contribution in [2.45, 2.75) is 60.8 Å². The molecule has 0 aliphatic heterocycles. The van der Waals surface area contributed by atoms with Crippen LogP contribution in [-0.2, 0) is 0 Å². The van der Waals surface area contributed by atoms with Crippen molar-refractivity contribution in [1.82, 2.24) is 0 Å². The largest absolute Gasteiger partial charge is 0.493 e. The lowest BCUT2D eigenvalue weighted by Crippen LogP contribution is -2.03. The third-order valence-electron chi connectivity index (χ3n) is 4.83. The van der Waals surface area contributed by atoms with E-state index in [1.54, 1.807) is 0 Å². The first-order chi connectivity index (χ1) is 11.9. The number of rotatable bonds is 8. The minimum absolute atomic E-state index is 0.770. The van der Waals surface area contributed by atoms with Crippen LogP contribution in [0.3, 0.4) is 0 Å². The van der Waals surface area contributed by atoms with Gasteiger partial charge in [-0.1, -0.05) is 12.1 Å². The first-order valence-electron chi connectivity index (χ1n) is 9.29. The molecule has 2 rings (SSSR count). The molecule has 0 amide bonds. The summed E-state index contributed by atoms with van der Waals surface area (Å²) in [5.74, 6) is 2.05. The van der Waals surface area contributed by atoms with Crippen molar-refractivity contribution in [2.24, 2.45) is 0 Å². The second-order valence-corrected chi connectivity index (χ2v) is 7.17. The predicted molar refractivity (Wildman–Crippen MR) is 106 cm³/mol. The Balaban J connectivity index is 1.69. The Kier molecular flexibility index (Phi) is 6.92. The van der Waals surface area contributed by atoms with Crippen LogP contribution < -0.4 is 9.47 Å². The summed E-state index contributed by atoms with van der Waals surface area (Å²) in [6, 6.07) is 8.67. The van der Waals surface area contributed by atoms with E-state index < -0.39 is 0 Å². The van der Waals surface area contributed by atoms with Crippen LogP contribution in [0, 0.1) is 41.5 Å². The normalized spacial score (nSPS) is 10.8. The average Bonchev–Trinajstić information content (AvgIpc) is 2.55. The van der Waals surface area contributed by atoms with Crippen LogP contribution in [0.25, 0.3) is 0 Å². The van der Waals surface area contributed by atoms with Crippen molar-refractivity contribution in [3.8, 4) is 11.5 Å². The van der Waals surface area contributed by atoms with Gasteiger partial charge in [0.25, 0.3) is 0 Å². The molecule has 0 atom stereocenters. The molecule has 0 fully saturated rings. The van der Waals surface area contributed by atoms with Crippen molar-refractivity contribution in [3.63, 3.8) is 0 Å². The quantitative estimate of drug-likeness (QED) is 0.535. The monoisotopic (exact) mass is 340 g/mol. The highest BCUT2D eigenvalue weighted by atomic mass is 16.5. The second-order valence-electron chi connectivity index (χ2n) is 7.17. The van der Waals surface area contributed by atoms with Gasteiger partial charge in [0.2, 0.25) is 0 Å². The fourth-order valence-electron chi connectivity index (χ4n) is 3.05. The molecule has 0 saturated heterocycles. The number of hydrogen-bond acceptors (Lipinski definition) is 2. The third-order valence-corrected chi connectivity index (χ3v) is 4.83. The summed E-state index contributed by atoms with van der Waals surface area (Å²) in [6.45, 7) is 14.3. The van der Waals surface area contributed by atoms with E-state index >= 15 is 0 Å². The van der Waals surface area contributed by atoms with E-state index in [2.05, 4.69) is 65.8 Å². The van der Waals surface area contributed by atoms with Gasteiger partial charge in [-0.3, -0.25) is 0 Å². The zero-order valence-corrected chi connectivity index (χ0v) is 16.7. The van der Waals surface area contributed by atoms with E-state index in [4.69, 9.17) is 9.47 Å². The van der Waals surface area contributed by atoms with E-state index in [0.717, 1.165) is 44.0 Å². The number of aryl methyl sites for hydroxylation is 4. The van der Waals surface area contributed by atoms with Crippen LogP contribution in [0.2, 0.25) is 0 Å². The summed E-state index contributed by atoms with van der Waals surface area (Å²) in [5.41, 5.74) is 7.61. The van der Waals surface area contributed by atoms with Crippen LogP contribution in [-0.4, -0.2) is 13.2 Å². The minimum Gasteiger partial charge on any atom is -0.493 e. The molecule has 0 aliphatic rings. The molecule has 0 spiro atoms. The maximum Gasteiger partial charge on any atom is 0.122 e. The van der Waals surface area contributed by atoms with E-state index in [1.165, 1.54) is 33.4 Å². The van der Waals surface area contributed by atoms with Crippen LogP contribution in [0.5, 0.6) is 11.5 Å². The molecule has 0 unspecified atom stereocenters. The zero-order valence-electron chi connectivity index (χ0n) is 16.7. The number of unbranched alkanes of at least 4 members (excludes halogenated alkanes) is 2. The standard InChI is InChI=1S/C23H32O2/c1-16-12-18(3)20(5)22(14-16)24-10-8-7-9-11-25-23-15-17(2)13-19(4)21(23)6/h12-15H,7-11H2,1-6H3. The van der Waals surface area contributed by atoms with Gasteiger partial charge >= 0.3 is 0 Å². The van der Waals surface area contributed by atoms with Crippen LogP contribution in [0.15, 0.2) is 24.3 Å². The molecule has 0 N–H and O–H groups in total. The van der Waals surface area contributed by atoms with Gasteiger partial charge in [-0.2, -0.15) is 0 Å². The van der Waals surface area contributed by atoms with E-state index in [9.17, 15) is 0 Å². The van der Waals surface area contributed by atoms with E-state index in [-0.39, 0.29) is 0 Å². The van der Waals surface area contributed by atoms with Gasteiger partial charge in [0.15, 0.2) is 0 Å². The summed E-state index contributed by atoms with van der Waals surface area (Å²) in [7, 11) is 0. The van der Waals surface area contributed by atoms with Crippen LogP contribution in [0.4, 0.5) is 0 Å². The Morgan fingerprint density at radius 1 is 0.560 bits per heavy atom. The van der Waals surface area contributed by atoms with Crippen LogP contribution in [0.1, 0.15) is 52.6 Å². The van der Waals surface area contributed by atoms with Gasteiger partial charge in [0, 0.05) is 0 Å². The molecule has 2 nitrogen and oxygen atoms in total. The van der Waals surface area contributed by atoms with Crippen molar-refractivity contribution in [3.05, 3.63) is 57.6 Å². The molecular weight excluding hydrogens is 308 g/mol. The van der Waals surface area contributed by atoms with Gasteiger partial charge in [0.1, 0.15) is 11.5 Å². The molecule has 2 heteroatoms. The summed E-state index contributed by atoms with van der Waals surface area (Å²) >= 11 is 0. The second kappa shape index (κ2) is 8.94. The van der Waals surface area contributed by atoms with Crippen LogP contribution >= 0.6 is 0 Å². The molecule has 25 heavy (non-hydrogen) atoms. The molecule has 0 saturated carbocycles. The predicted octanol–water partition coefficient (Wildman–Crippen LogP) is 6.17. The molecule has 0 heterocycles. The fourth-order valence-corrected chi connectivity index (χ4v) is 3.05. The van der Waals surface area contributed by atoms with Gasteiger partial charge in [-0.15, -0.1) is 0 Å². The summed E-state index contributed by atoms with van der Waals surface area (Å²) in [6.07, 6.45) is 3.23. The lowest BCUT2D eigenvalue weighted by molar-refractivity contribution is 0.277. The molecule has 0 aromatic heterocycles. The first kappa shape index (κ1) is 19.4. The number of hydrogen-bond donors (Lipinski definition) is 0. The Bertz CT molecular complexity index is 655. The average molecular weight is 341 g/mol. The Morgan fingerprint density at radius 2 is 0.960 bits per heavy atom. The molecule has 0 radical (unpaired) electrons. The maximum absolute atomic E-state index is 5.97. The highest BCUT2D eigenvalue weighted by Gasteiger charge is 2.05. The van der Waals surface area contributed by atoms with Gasteiger partial charge in [-0.25, -0.2) is 0 Å².